The average molecular weight is 94.1 g/mol. The SMILES string of the molecule is OCC=C(F)F. The lowest BCUT2D eigenvalue weighted by molar-refractivity contribution is 0.327. The Kier molecular flexibility index (Phi) is 2.58. The molecule has 0 atom stereocenters. The maximum Gasteiger partial charge on any atom is 0.268 e. The van der Waals surface area contributed by atoms with Crippen LogP contribution in [-0.4, -0.2) is 11.7 Å². The zero-order valence-electron chi connectivity index (χ0n) is 2.99. The van der Waals surface area contributed by atoms with Crippen LogP contribution < -0.4 is 0 Å². The van der Waals surface area contributed by atoms with E-state index in [0.29, 0.717) is 6.08 Å². The van der Waals surface area contributed by atoms with Crippen molar-refractivity contribution in [1.82, 2.24) is 0 Å². The van der Waals surface area contributed by atoms with Crippen molar-refractivity contribution < 1.29 is 13.9 Å². The third-order valence-electron chi connectivity index (χ3n) is 0.246. The molecule has 0 fully saturated rings. The highest BCUT2D eigenvalue weighted by Gasteiger charge is 1.79. The molecule has 0 aliphatic rings. The Morgan fingerprint density at radius 1 is 1.67 bits per heavy atom. The Hall–Kier alpha value is -0.440. The van der Waals surface area contributed by atoms with Crippen molar-refractivity contribution in [3.63, 3.8) is 0 Å². The van der Waals surface area contributed by atoms with E-state index in [1.807, 2.05) is 0 Å². The van der Waals surface area contributed by atoms with E-state index in [4.69, 9.17) is 5.11 Å². The van der Waals surface area contributed by atoms with Crippen LogP contribution in [0.25, 0.3) is 0 Å². The number of aliphatic hydroxyl groups is 1. The van der Waals surface area contributed by atoms with Crippen molar-refractivity contribution in [3.8, 4) is 0 Å². The van der Waals surface area contributed by atoms with Gasteiger partial charge >= 0.3 is 0 Å². The molecule has 0 heterocycles. The van der Waals surface area contributed by atoms with E-state index in [0.717, 1.165) is 0 Å². The minimum Gasteiger partial charge on any atom is -0.392 e. The van der Waals surface area contributed by atoms with Gasteiger partial charge in [-0.1, -0.05) is 0 Å². The van der Waals surface area contributed by atoms with Crippen molar-refractivity contribution in [2.45, 2.75) is 0 Å². The number of halogens is 2. The van der Waals surface area contributed by atoms with Crippen LogP contribution in [0.4, 0.5) is 8.78 Å². The van der Waals surface area contributed by atoms with E-state index in [2.05, 4.69) is 0 Å². The molecule has 0 radical (unpaired) electrons. The summed E-state index contributed by atoms with van der Waals surface area (Å²) < 4.78 is 21.5. The van der Waals surface area contributed by atoms with Gasteiger partial charge in [0, 0.05) is 6.08 Å². The van der Waals surface area contributed by atoms with E-state index >= 15 is 0 Å². The topological polar surface area (TPSA) is 20.2 Å². The van der Waals surface area contributed by atoms with Crippen molar-refractivity contribution in [1.29, 1.82) is 0 Å². The van der Waals surface area contributed by atoms with Gasteiger partial charge in [-0.15, -0.1) is 0 Å². The highest BCUT2D eigenvalue weighted by molar-refractivity contribution is 4.78. The van der Waals surface area contributed by atoms with Crippen molar-refractivity contribution in [2.24, 2.45) is 0 Å². The number of hydrogen-bond donors (Lipinski definition) is 1. The second-order valence-electron chi connectivity index (χ2n) is 0.676. The Morgan fingerprint density at radius 3 is 2.17 bits per heavy atom. The van der Waals surface area contributed by atoms with Gasteiger partial charge in [-0.2, -0.15) is 8.78 Å². The summed E-state index contributed by atoms with van der Waals surface area (Å²) in [5, 5.41) is 7.68. The van der Waals surface area contributed by atoms with E-state index in [1.54, 1.807) is 0 Å². The van der Waals surface area contributed by atoms with Crippen molar-refractivity contribution >= 4 is 0 Å². The Morgan fingerprint density at radius 2 is 2.17 bits per heavy atom. The quantitative estimate of drug-likeness (QED) is 0.508. The first kappa shape index (κ1) is 5.56. The molecule has 6 heavy (non-hydrogen) atoms. The predicted octanol–water partition coefficient (Wildman–Crippen LogP) is 0.759. The molecule has 0 aromatic heterocycles. The molecule has 0 saturated carbocycles. The number of hydrogen-bond acceptors (Lipinski definition) is 1. The molecule has 0 aliphatic carbocycles. The molecule has 0 aliphatic heterocycles. The second-order valence-corrected chi connectivity index (χ2v) is 0.676. The van der Waals surface area contributed by atoms with E-state index in [1.165, 1.54) is 0 Å². The molecule has 0 bridgehead atoms. The van der Waals surface area contributed by atoms with Crippen LogP contribution in [0.1, 0.15) is 0 Å². The predicted molar refractivity (Wildman–Crippen MR) is 17.4 cm³/mol. The third kappa shape index (κ3) is 3.56. The van der Waals surface area contributed by atoms with Gasteiger partial charge in [-0.25, -0.2) is 0 Å². The molecule has 36 valence electrons. The molecule has 0 amide bonds. The first-order valence-electron chi connectivity index (χ1n) is 1.39. The Labute approximate surface area is 33.9 Å². The van der Waals surface area contributed by atoms with Gasteiger partial charge in [0.05, 0.1) is 6.61 Å². The molecule has 1 N–H and O–H groups in total. The molecule has 0 saturated heterocycles. The fourth-order valence-corrected chi connectivity index (χ4v) is 0.0690. The molecule has 3 heteroatoms. The van der Waals surface area contributed by atoms with Gasteiger partial charge in [0.2, 0.25) is 0 Å². The minimum absolute atomic E-state index is 0.431. The average Bonchev–Trinajstić information content (AvgIpc) is 1.35. The second kappa shape index (κ2) is 2.78. The summed E-state index contributed by atoms with van der Waals surface area (Å²) >= 11 is 0. The van der Waals surface area contributed by atoms with Crippen molar-refractivity contribution in [2.75, 3.05) is 6.61 Å². The summed E-state index contributed by atoms with van der Waals surface area (Å²) in [6.45, 7) is -0.581. The smallest absolute Gasteiger partial charge is 0.268 e. The van der Waals surface area contributed by atoms with Crippen LogP contribution in [-0.2, 0) is 0 Å². The monoisotopic (exact) mass is 94.0 g/mol. The Bertz CT molecular complexity index is 55.8. The Balaban J connectivity index is 3.14. The molecular weight excluding hydrogens is 90.0 g/mol. The van der Waals surface area contributed by atoms with E-state index < -0.39 is 12.7 Å². The number of rotatable bonds is 1. The lowest BCUT2D eigenvalue weighted by Crippen LogP contribution is -1.69. The molecule has 0 unspecified atom stereocenters. The minimum atomic E-state index is -1.84. The van der Waals surface area contributed by atoms with Crippen LogP contribution in [0, 0.1) is 0 Å². The van der Waals surface area contributed by atoms with Crippen LogP contribution in [0.2, 0.25) is 0 Å². The van der Waals surface area contributed by atoms with Crippen LogP contribution in [0.3, 0.4) is 0 Å². The zero-order valence-corrected chi connectivity index (χ0v) is 2.99. The first-order chi connectivity index (χ1) is 2.77. The van der Waals surface area contributed by atoms with Crippen LogP contribution in [0.15, 0.2) is 12.2 Å². The van der Waals surface area contributed by atoms with Gasteiger partial charge in [0.15, 0.2) is 0 Å². The largest absolute Gasteiger partial charge is 0.392 e. The summed E-state index contributed by atoms with van der Waals surface area (Å²) in [6.07, 6.45) is -1.41. The van der Waals surface area contributed by atoms with Crippen LogP contribution in [0.5, 0.6) is 0 Å². The first-order valence-corrected chi connectivity index (χ1v) is 1.39. The van der Waals surface area contributed by atoms with Crippen molar-refractivity contribution in [3.05, 3.63) is 12.2 Å². The summed E-state index contributed by atoms with van der Waals surface area (Å²) in [6, 6.07) is 0. The zero-order chi connectivity index (χ0) is 4.99. The summed E-state index contributed by atoms with van der Waals surface area (Å²) in [4.78, 5) is 0. The van der Waals surface area contributed by atoms with Gasteiger partial charge in [-0.3, -0.25) is 0 Å². The fraction of sp³-hybridized carbons (Fsp3) is 0.333. The summed E-state index contributed by atoms with van der Waals surface area (Å²) in [7, 11) is 0. The van der Waals surface area contributed by atoms with Gasteiger partial charge in [0.25, 0.3) is 6.08 Å². The fourth-order valence-electron chi connectivity index (χ4n) is 0.0690. The van der Waals surface area contributed by atoms with E-state index in [9.17, 15) is 8.78 Å². The molecular formula is C3H4F2O. The van der Waals surface area contributed by atoms with Gasteiger partial charge < -0.3 is 5.11 Å². The maximum atomic E-state index is 10.7. The number of aliphatic hydroxyl groups excluding tert-OH is 1. The van der Waals surface area contributed by atoms with Crippen LogP contribution >= 0.6 is 0 Å². The highest BCUT2D eigenvalue weighted by Crippen LogP contribution is 1.92. The molecule has 0 rings (SSSR count). The summed E-state index contributed by atoms with van der Waals surface area (Å²) in [5.74, 6) is 0. The third-order valence-corrected chi connectivity index (χ3v) is 0.246. The lowest BCUT2D eigenvalue weighted by atomic mass is 10.7. The lowest BCUT2D eigenvalue weighted by Gasteiger charge is -1.71. The molecule has 0 aromatic carbocycles. The van der Waals surface area contributed by atoms with Gasteiger partial charge in [-0.05, 0) is 0 Å². The normalized spacial score (nSPS) is 7.83. The highest BCUT2D eigenvalue weighted by atomic mass is 19.3. The molecule has 0 aromatic rings. The molecule has 1 nitrogen and oxygen atoms in total. The maximum absolute atomic E-state index is 10.7. The van der Waals surface area contributed by atoms with E-state index in [-0.39, 0.29) is 0 Å². The van der Waals surface area contributed by atoms with Gasteiger partial charge in [0.1, 0.15) is 0 Å². The summed E-state index contributed by atoms with van der Waals surface area (Å²) in [5.41, 5.74) is 0. The molecule has 0 spiro atoms. The standard InChI is InChI=1S/C3H4F2O/c4-3(5)1-2-6/h1,6H,2H2.